The molecule has 1 fully saturated rings. The number of carbonyl (C=O) groups is 4. The van der Waals surface area contributed by atoms with Gasteiger partial charge >= 0.3 is 23.9 Å². The number of benzene rings is 2. The van der Waals surface area contributed by atoms with Crippen molar-refractivity contribution in [1.82, 2.24) is 4.90 Å². The zero-order valence-electron chi connectivity index (χ0n) is 25.5. The fraction of sp³-hybridized carbons (Fsp3) is 0.455. The van der Waals surface area contributed by atoms with Gasteiger partial charge < -0.3 is 43.9 Å². The number of ether oxygens (including phenoxy) is 5. The Hall–Kier alpha value is -4.46. The van der Waals surface area contributed by atoms with Crippen molar-refractivity contribution in [3.63, 3.8) is 0 Å². The molecule has 2 heterocycles. The Morgan fingerprint density at radius 1 is 1.09 bits per heavy atom. The molecule has 2 aliphatic carbocycles. The molecule has 13 heteroatoms. The van der Waals surface area contributed by atoms with E-state index in [-0.39, 0.29) is 23.8 Å². The summed E-state index contributed by atoms with van der Waals surface area (Å²) in [4.78, 5) is 52.1. The lowest BCUT2D eigenvalue weighted by atomic mass is 9.50. The highest BCUT2D eigenvalue weighted by Gasteiger charge is 2.72. The van der Waals surface area contributed by atoms with E-state index in [0.29, 0.717) is 30.9 Å². The van der Waals surface area contributed by atoms with Gasteiger partial charge in [-0.05, 0) is 51.1 Å². The van der Waals surface area contributed by atoms with Crippen LogP contribution >= 0.6 is 0 Å². The van der Waals surface area contributed by atoms with E-state index in [9.17, 15) is 29.4 Å². The molecule has 244 valence electrons. The van der Waals surface area contributed by atoms with Crippen molar-refractivity contribution in [1.29, 1.82) is 0 Å². The summed E-state index contributed by atoms with van der Waals surface area (Å²) in [5.74, 6) is -3.75. The van der Waals surface area contributed by atoms with Gasteiger partial charge in [0.2, 0.25) is 6.10 Å². The molecule has 7 atom stereocenters. The topological polar surface area (TPSA) is 178 Å². The number of rotatable bonds is 10. The molecule has 2 aromatic rings. The van der Waals surface area contributed by atoms with E-state index in [1.54, 1.807) is 24.3 Å². The summed E-state index contributed by atoms with van der Waals surface area (Å²) in [6, 6.07) is 11.3. The average molecular weight is 638 g/mol. The van der Waals surface area contributed by atoms with Crippen LogP contribution in [0.2, 0.25) is 0 Å². The Bertz CT molecular complexity index is 1610. The Kier molecular flexibility index (Phi) is 8.03. The number of esters is 3. The maximum atomic E-state index is 13.2. The number of aliphatic carboxylic acids is 1. The van der Waals surface area contributed by atoms with Gasteiger partial charge in [-0.25, -0.2) is 14.4 Å². The number of hydrogen-bond acceptors (Lipinski definition) is 12. The lowest BCUT2D eigenvalue weighted by Gasteiger charge is -2.61. The van der Waals surface area contributed by atoms with Crippen molar-refractivity contribution >= 4 is 23.9 Å². The Balaban J connectivity index is 1.20. The van der Waals surface area contributed by atoms with Crippen molar-refractivity contribution in [3.05, 3.63) is 71.0 Å². The molecule has 0 radical (unpaired) electrons. The molecule has 1 spiro atoms. The lowest BCUT2D eigenvalue weighted by molar-refractivity contribution is -0.179. The van der Waals surface area contributed by atoms with Crippen molar-refractivity contribution in [2.45, 2.75) is 74.1 Å². The van der Waals surface area contributed by atoms with Gasteiger partial charge in [-0.2, -0.15) is 0 Å². The third kappa shape index (κ3) is 4.89. The zero-order chi connectivity index (χ0) is 33.0. The molecule has 1 saturated heterocycles. The SMILES string of the molecule is COc1ccc2c3c1O[C@@H]1C(OC(=O)[C@@H](O)CC(=O)O[C@H](C(=O)O[C@@H](C)C(=O)O)c4ccccc4)=CC[C@]4(O)[C@H](C2)N(C)CC[C@@]314. The van der Waals surface area contributed by atoms with Gasteiger partial charge in [-0.1, -0.05) is 36.4 Å². The van der Waals surface area contributed by atoms with E-state index in [1.165, 1.54) is 19.2 Å². The van der Waals surface area contributed by atoms with Crippen LogP contribution in [-0.2, 0) is 45.2 Å². The minimum Gasteiger partial charge on any atom is -0.493 e. The monoisotopic (exact) mass is 637 g/mol. The number of carboxylic acid groups (broad SMARTS) is 1. The fourth-order valence-electron chi connectivity index (χ4n) is 7.36. The Morgan fingerprint density at radius 3 is 2.52 bits per heavy atom. The first-order valence-corrected chi connectivity index (χ1v) is 15.0. The smallest absolute Gasteiger partial charge is 0.353 e. The van der Waals surface area contributed by atoms with Crippen LogP contribution in [0.15, 0.2) is 54.3 Å². The van der Waals surface area contributed by atoms with Gasteiger partial charge in [0, 0.05) is 23.6 Å². The number of methoxy groups -OCH3 is 1. The van der Waals surface area contributed by atoms with Gasteiger partial charge in [0.1, 0.15) is 5.76 Å². The summed E-state index contributed by atoms with van der Waals surface area (Å²) in [5, 5.41) is 32.1. The molecule has 0 aromatic heterocycles. The minimum atomic E-state index is -1.98. The largest absolute Gasteiger partial charge is 0.493 e. The van der Waals surface area contributed by atoms with Gasteiger partial charge in [-0.15, -0.1) is 0 Å². The van der Waals surface area contributed by atoms with E-state index in [1.807, 2.05) is 19.2 Å². The van der Waals surface area contributed by atoms with E-state index in [2.05, 4.69) is 4.90 Å². The number of carbonyl (C=O) groups excluding carboxylic acids is 3. The molecular formula is C33H35NO12. The predicted molar refractivity (Wildman–Crippen MR) is 157 cm³/mol. The highest BCUT2D eigenvalue weighted by molar-refractivity contribution is 5.86. The summed E-state index contributed by atoms with van der Waals surface area (Å²) in [6.07, 6.45) is -4.04. The van der Waals surface area contributed by atoms with Crippen molar-refractivity contribution < 1.29 is 58.2 Å². The molecular weight excluding hydrogens is 602 g/mol. The zero-order valence-corrected chi connectivity index (χ0v) is 25.5. The first kappa shape index (κ1) is 31.5. The minimum absolute atomic E-state index is 0.102. The van der Waals surface area contributed by atoms with E-state index < -0.39 is 65.7 Å². The molecule has 4 aliphatic rings. The third-order valence-corrected chi connectivity index (χ3v) is 9.61. The second-order valence-electron chi connectivity index (χ2n) is 12.1. The summed E-state index contributed by atoms with van der Waals surface area (Å²) >= 11 is 0. The molecule has 6 rings (SSSR count). The van der Waals surface area contributed by atoms with Crippen LogP contribution in [-0.4, -0.2) is 94.8 Å². The van der Waals surface area contributed by atoms with Crippen LogP contribution in [0.5, 0.6) is 11.5 Å². The number of piperidine rings is 1. The molecule has 13 nitrogen and oxygen atoms in total. The van der Waals surface area contributed by atoms with E-state index in [4.69, 9.17) is 28.8 Å². The first-order valence-electron chi connectivity index (χ1n) is 15.0. The quantitative estimate of drug-likeness (QED) is 0.253. The average Bonchev–Trinajstić information content (AvgIpc) is 3.39. The molecule has 2 aliphatic heterocycles. The number of aliphatic hydroxyl groups is 2. The van der Waals surface area contributed by atoms with Crippen LogP contribution in [0.3, 0.4) is 0 Å². The van der Waals surface area contributed by atoms with Crippen LogP contribution in [0, 0.1) is 0 Å². The van der Waals surface area contributed by atoms with Crippen LogP contribution in [0.1, 0.15) is 49.0 Å². The van der Waals surface area contributed by atoms with Gasteiger partial charge in [0.05, 0.1) is 24.5 Å². The van der Waals surface area contributed by atoms with Gasteiger partial charge in [-0.3, -0.25) is 4.79 Å². The maximum Gasteiger partial charge on any atom is 0.353 e. The van der Waals surface area contributed by atoms with Crippen molar-refractivity contribution in [2.75, 3.05) is 20.7 Å². The fourth-order valence-corrected chi connectivity index (χ4v) is 7.36. The highest BCUT2D eigenvalue weighted by Crippen LogP contribution is 2.65. The van der Waals surface area contributed by atoms with Crippen molar-refractivity contribution in [3.8, 4) is 11.5 Å². The van der Waals surface area contributed by atoms with Gasteiger partial charge in [0.25, 0.3) is 0 Å². The highest BCUT2D eigenvalue weighted by atomic mass is 16.6. The van der Waals surface area contributed by atoms with E-state index in [0.717, 1.165) is 18.1 Å². The lowest BCUT2D eigenvalue weighted by Crippen LogP contribution is -2.74. The normalized spacial score (nSPS) is 27.5. The van der Waals surface area contributed by atoms with Crippen LogP contribution in [0.4, 0.5) is 0 Å². The van der Waals surface area contributed by atoms with Crippen LogP contribution < -0.4 is 9.47 Å². The number of carboxylic acids is 1. The molecule has 2 aromatic carbocycles. The summed E-state index contributed by atoms with van der Waals surface area (Å²) < 4.78 is 27.9. The molecule has 3 N–H and O–H groups in total. The summed E-state index contributed by atoms with van der Waals surface area (Å²) in [5.41, 5.74) is -0.116. The second kappa shape index (κ2) is 11.7. The molecule has 0 amide bonds. The number of aliphatic hydroxyl groups excluding tert-OH is 1. The number of hydrogen-bond donors (Lipinski definition) is 3. The van der Waals surface area contributed by atoms with E-state index >= 15 is 0 Å². The Morgan fingerprint density at radius 2 is 1.83 bits per heavy atom. The number of nitrogens with zero attached hydrogens (tertiary/aromatic N) is 1. The molecule has 2 bridgehead atoms. The van der Waals surface area contributed by atoms with Crippen LogP contribution in [0.25, 0.3) is 0 Å². The molecule has 46 heavy (non-hydrogen) atoms. The standard InChI is InChI=1S/C33H35NO12/c1-17(29(37)38)43-31(40)26(18-7-5-4-6-8-18)45-24(36)16-20(35)30(39)44-22-11-12-33(41)23-15-19-9-10-21(42-3)27-25(19)32(33,28(22)46-27)13-14-34(23)2/h4-11,17,20,23,26,28,35,41H,12-16H2,1-3H3,(H,37,38)/t17-,20-,23-,26-,28+,32+,33-/m0/s1. The first-order chi connectivity index (χ1) is 21.9. The second-order valence-corrected chi connectivity index (χ2v) is 12.1. The van der Waals surface area contributed by atoms with Gasteiger partial charge in [0.15, 0.2) is 29.8 Å². The molecule has 0 unspecified atom stereocenters. The maximum absolute atomic E-state index is 13.2. The van der Waals surface area contributed by atoms with Crippen molar-refractivity contribution in [2.24, 2.45) is 0 Å². The predicted octanol–water partition coefficient (Wildman–Crippen LogP) is 1.57. The Labute approximate surface area is 264 Å². The molecule has 0 saturated carbocycles. The summed E-state index contributed by atoms with van der Waals surface area (Å²) in [6.45, 7) is 1.81. The third-order valence-electron chi connectivity index (χ3n) is 9.61. The number of likely N-dealkylation sites (N-methyl/N-ethyl adjacent to an activating group) is 1. The summed E-state index contributed by atoms with van der Waals surface area (Å²) in [7, 11) is 3.49. The number of likely N-dealkylation sites (tertiary alicyclic amines) is 1.